The Morgan fingerprint density at radius 1 is 1.25 bits per heavy atom. The van der Waals surface area contributed by atoms with Crippen LogP contribution in [0.15, 0.2) is 24.7 Å². The van der Waals surface area contributed by atoms with Crippen molar-refractivity contribution in [2.24, 2.45) is 0 Å². The summed E-state index contributed by atoms with van der Waals surface area (Å²) < 4.78 is 10.6. The molecule has 0 atom stereocenters. The maximum Gasteiger partial charge on any atom is 0.339 e. The lowest BCUT2D eigenvalue weighted by molar-refractivity contribution is 0.0697. The molecule has 0 saturated heterocycles. The Balaban J connectivity index is 2.71. The van der Waals surface area contributed by atoms with Gasteiger partial charge < -0.3 is 14.6 Å². The predicted molar refractivity (Wildman–Crippen MR) is 72.3 cm³/mol. The number of carboxylic acid groups (broad SMARTS) is 1. The van der Waals surface area contributed by atoms with Crippen LogP contribution in [0, 0.1) is 6.92 Å². The van der Waals surface area contributed by atoms with Crippen LogP contribution in [0.4, 0.5) is 0 Å². The Labute approximate surface area is 116 Å². The molecule has 20 heavy (non-hydrogen) atoms. The molecule has 2 aromatic rings. The predicted octanol–water partition coefficient (Wildman–Crippen LogP) is 2.17. The van der Waals surface area contributed by atoms with Gasteiger partial charge in [-0.1, -0.05) is 0 Å². The van der Waals surface area contributed by atoms with Crippen LogP contribution < -0.4 is 9.47 Å². The fourth-order valence-corrected chi connectivity index (χ4v) is 2.05. The fourth-order valence-electron chi connectivity index (χ4n) is 2.05. The molecule has 1 N–H and O–H groups in total. The molecule has 2 rings (SSSR count). The van der Waals surface area contributed by atoms with E-state index in [1.165, 1.54) is 19.6 Å². The van der Waals surface area contributed by atoms with E-state index in [0.717, 1.165) is 5.56 Å². The number of nitrogens with zero attached hydrogens (tertiary/aromatic N) is 2. The van der Waals surface area contributed by atoms with Gasteiger partial charge in [0.05, 0.1) is 19.9 Å². The number of rotatable bonds is 4. The number of methoxy groups -OCH3 is 2. The largest absolute Gasteiger partial charge is 0.496 e. The quantitative estimate of drug-likeness (QED) is 0.920. The summed E-state index contributed by atoms with van der Waals surface area (Å²) in [5.74, 6) is 0.109. The Kier molecular flexibility index (Phi) is 3.84. The summed E-state index contributed by atoms with van der Waals surface area (Å²) in [6, 6.07) is 3.47. The lowest BCUT2D eigenvalue weighted by atomic mass is 10.0. The number of ether oxygens (including phenoxy) is 2. The van der Waals surface area contributed by atoms with Gasteiger partial charge >= 0.3 is 5.97 Å². The summed E-state index contributed by atoms with van der Waals surface area (Å²) in [6.07, 6.45) is 2.57. The minimum atomic E-state index is -1.09. The molecular weight excluding hydrogens is 260 g/mol. The molecule has 1 aromatic carbocycles. The van der Waals surface area contributed by atoms with Crippen molar-refractivity contribution >= 4 is 5.97 Å². The van der Waals surface area contributed by atoms with Gasteiger partial charge in [0.25, 0.3) is 0 Å². The maximum atomic E-state index is 11.3. The number of aromatic carboxylic acids is 1. The summed E-state index contributed by atoms with van der Waals surface area (Å²) in [6.45, 7) is 1.84. The number of aromatic nitrogens is 2. The summed E-state index contributed by atoms with van der Waals surface area (Å²) in [5, 5.41) is 9.22. The standard InChI is InChI=1S/C14H14N2O4/c1-8-11(19-2)5-4-9(13(8)20-3)12-10(14(17)18)6-15-7-16-12/h4-7H,1-3H3,(H,17,18). The number of carboxylic acids is 1. The zero-order chi connectivity index (χ0) is 14.7. The summed E-state index contributed by atoms with van der Waals surface area (Å²) in [7, 11) is 3.09. The molecule has 0 fully saturated rings. The van der Waals surface area contributed by atoms with Crippen molar-refractivity contribution in [3.8, 4) is 22.8 Å². The second kappa shape index (κ2) is 5.56. The number of carbonyl (C=O) groups is 1. The van der Waals surface area contributed by atoms with E-state index in [0.29, 0.717) is 22.8 Å². The van der Waals surface area contributed by atoms with Crippen LogP contribution in [0.2, 0.25) is 0 Å². The average molecular weight is 274 g/mol. The van der Waals surface area contributed by atoms with E-state index in [4.69, 9.17) is 9.47 Å². The molecule has 6 heteroatoms. The monoisotopic (exact) mass is 274 g/mol. The first-order valence-electron chi connectivity index (χ1n) is 5.85. The highest BCUT2D eigenvalue weighted by molar-refractivity contribution is 5.95. The van der Waals surface area contributed by atoms with E-state index in [1.807, 2.05) is 6.92 Å². The molecule has 1 aromatic heterocycles. The molecule has 6 nitrogen and oxygen atoms in total. The third-order valence-electron chi connectivity index (χ3n) is 2.98. The first-order chi connectivity index (χ1) is 9.60. The summed E-state index contributed by atoms with van der Waals surface area (Å²) in [5.41, 5.74) is 1.71. The highest BCUT2D eigenvalue weighted by Crippen LogP contribution is 2.37. The van der Waals surface area contributed by atoms with E-state index in [1.54, 1.807) is 19.2 Å². The highest BCUT2D eigenvalue weighted by Gasteiger charge is 2.19. The Bertz CT molecular complexity index is 656. The molecule has 0 aliphatic rings. The fraction of sp³-hybridized carbons (Fsp3) is 0.214. The number of benzene rings is 1. The molecule has 0 saturated carbocycles. The average Bonchev–Trinajstić information content (AvgIpc) is 2.46. The van der Waals surface area contributed by atoms with Crippen LogP contribution in [0.25, 0.3) is 11.3 Å². The van der Waals surface area contributed by atoms with Crippen molar-refractivity contribution < 1.29 is 19.4 Å². The molecule has 0 radical (unpaired) electrons. The molecule has 104 valence electrons. The van der Waals surface area contributed by atoms with Crippen LogP contribution in [0.5, 0.6) is 11.5 Å². The van der Waals surface area contributed by atoms with Crippen molar-refractivity contribution in [1.29, 1.82) is 0 Å². The molecule has 1 heterocycles. The molecular formula is C14H14N2O4. The number of hydrogen-bond donors (Lipinski definition) is 1. The van der Waals surface area contributed by atoms with E-state index in [9.17, 15) is 9.90 Å². The summed E-state index contributed by atoms with van der Waals surface area (Å²) >= 11 is 0. The third kappa shape index (κ3) is 2.27. The molecule has 0 aliphatic heterocycles. The molecule has 0 bridgehead atoms. The normalized spacial score (nSPS) is 10.2. The van der Waals surface area contributed by atoms with Crippen LogP contribution in [-0.2, 0) is 0 Å². The van der Waals surface area contributed by atoms with Crippen molar-refractivity contribution in [1.82, 2.24) is 9.97 Å². The molecule has 0 amide bonds. The first kappa shape index (κ1) is 13.8. The minimum absolute atomic E-state index is 0.0235. The smallest absolute Gasteiger partial charge is 0.339 e. The van der Waals surface area contributed by atoms with Gasteiger partial charge in [-0.05, 0) is 19.1 Å². The van der Waals surface area contributed by atoms with Gasteiger partial charge in [0.15, 0.2) is 0 Å². The van der Waals surface area contributed by atoms with E-state index in [-0.39, 0.29) is 5.56 Å². The van der Waals surface area contributed by atoms with E-state index in [2.05, 4.69) is 9.97 Å². The second-order valence-corrected chi connectivity index (χ2v) is 4.06. The van der Waals surface area contributed by atoms with Gasteiger partial charge in [-0.15, -0.1) is 0 Å². The van der Waals surface area contributed by atoms with Gasteiger partial charge in [-0.2, -0.15) is 0 Å². The maximum absolute atomic E-state index is 11.3. The Morgan fingerprint density at radius 3 is 2.60 bits per heavy atom. The topological polar surface area (TPSA) is 81.5 Å². The zero-order valence-corrected chi connectivity index (χ0v) is 11.4. The molecule has 0 spiro atoms. The second-order valence-electron chi connectivity index (χ2n) is 4.06. The molecule has 0 aliphatic carbocycles. The first-order valence-corrected chi connectivity index (χ1v) is 5.85. The highest BCUT2D eigenvalue weighted by atomic mass is 16.5. The lowest BCUT2D eigenvalue weighted by Crippen LogP contribution is -2.04. The summed E-state index contributed by atoms with van der Waals surface area (Å²) in [4.78, 5) is 19.1. The third-order valence-corrected chi connectivity index (χ3v) is 2.98. The van der Waals surface area contributed by atoms with Crippen molar-refractivity contribution in [3.05, 3.63) is 35.8 Å². The minimum Gasteiger partial charge on any atom is -0.496 e. The van der Waals surface area contributed by atoms with Crippen LogP contribution in [-0.4, -0.2) is 35.3 Å². The van der Waals surface area contributed by atoms with E-state index < -0.39 is 5.97 Å². The van der Waals surface area contributed by atoms with Crippen molar-refractivity contribution in [2.75, 3.05) is 14.2 Å². The van der Waals surface area contributed by atoms with Crippen LogP contribution in [0.3, 0.4) is 0 Å². The SMILES string of the molecule is COc1ccc(-c2ncncc2C(=O)O)c(OC)c1C. The van der Waals surface area contributed by atoms with Crippen LogP contribution >= 0.6 is 0 Å². The Hall–Kier alpha value is -2.63. The van der Waals surface area contributed by atoms with Crippen LogP contribution in [0.1, 0.15) is 15.9 Å². The number of hydrogen-bond acceptors (Lipinski definition) is 5. The van der Waals surface area contributed by atoms with Crippen molar-refractivity contribution in [2.45, 2.75) is 6.92 Å². The van der Waals surface area contributed by atoms with E-state index >= 15 is 0 Å². The zero-order valence-electron chi connectivity index (χ0n) is 11.4. The van der Waals surface area contributed by atoms with Gasteiger partial charge in [-0.25, -0.2) is 14.8 Å². The Morgan fingerprint density at radius 2 is 2.00 bits per heavy atom. The molecule has 0 unspecified atom stereocenters. The van der Waals surface area contributed by atoms with Crippen molar-refractivity contribution in [3.63, 3.8) is 0 Å². The van der Waals surface area contributed by atoms with Gasteiger partial charge in [0.1, 0.15) is 23.4 Å². The van der Waals surface area contributed by atoms with Gasteiger partial charge in [0.2, 0.25) is 0 Å². The van der Waals surface area contributed by atoms with Gasteiger partial charge in [0, 0.05) is 17.3 Å². The lowest BCUT2D eigenvalue weighted by Gasteiger charge is -2.14. The van der Waals surface area contributed by atoms with Gasteiger partial charge in [-0.3, -0.25) is 0 Å².